The van der Waals surface area contributed by atoms with E-state index < -0.39 is 0 Å². The van der Waals surface area contributed by atoms with Crippen molar-refractivity contribution in [2.24, 2.45) is 0 Å². The number of nitrogens with one attached hydrogen (secondary N) is 2. The lowest BCUT2D eigenvalue weighted by Crippen LogP contribution is -2.54. The minimum Gasteiger partial charge on any atom is -0.343 e. The number of nitrogens with zero attached hydrogens (tertiary/aromatic N) is 4. The monoisotopic (exact) mass is 364 g/mol. The molecule has 8 nitrogen and oxygen atoms in total. The Labute approximate surface area is 155 Å². The summed E-state index contributed by atoms with van der Waals surface area (Å²) in [5.41, 5.74) is 1.42. The van der Waals surface area contributed by atoms with Crippen LogP contribution >= 0.6 is 0 Å². The van der Waals surface area contributed by atoms with Gasteiger partial charge in [0.15, 0.2) is 5.69 Å². The predicted octanol–water partition coefficient (Wildman–Crippen LogP) is 1.62. The first kappa shape index (κ1) is 16.0. The lowest BCUT2D eigenvalue weighted by molar-refractivity contribution is 0.0688. The number of likely N-dealkylation sites (tertiary alicyclic amines) is 1. The summed E-state index contributed by atoms with van der Waals surface area (Å²) in [6.07, 6.45) is 6.92. The van der Waals surface area contributed by atoms with Crippen molar-refractivity contribution in [2.75, 3.05) is 6.54 Å². The first-order valence-electron chi connectivity index (χ1n) is 9.24. The van der Waals surface area contributed by atoms with Gasteiger partial charge in [0.25, 0.3) is 11.8 Å². The summed E-state index contributed by atoms with van der Waals surface area (Å²) < 4.78 is 1.71. The zero-order valence-electron chi connectivity index (χ0n) is 14.8. The molecule has 3 aromatic rings. The molecule has 138 valence electrons. The molecule has 2 amide bonds. The van der Waals surface area contributed by atoms with Crippen LogP contribution in [0.5, 0.6) is 0 Å². The fourth-order valence-electron chi connectivity index (χ4n) is 4.59. The Morgan fingerprint density at radius 2 is 2.19 bits per heavy atom. The van der Waals surface area contributed by atoms with Gasteiger partial charge in [-0.3, -0.25) is 14.7 Å². The highest BCUT2D eigenvalue weighted by Crippen LogP contribution is 2.42. The Morgan fingerprint density at radius 3 is 3.00 bits per heavy atom. The van der Waals surface area contributed by atoms with Crippen LogP contribution in [0.2, 0.25) is 0 Å². The molecule has 0 bridgehead atoms. The van der Waals surface area contributed by atoms with Crippen LogP contribution in [0.3, 0.4) is 0 Å². The van der Waals surface area contributed by atoms with E-state index in [-0.39, 0.29) is 23.4 Å². The highest BCUT2D eigenvalue weighted by molar-refractivity contribution is 5.95. The third-order valence-corrected chi connectivity index (χ3v) is 5.87. The number of pyridine rings is 1. The maximum Gasteiger partial charge on any atom is 0.274 e. The second kappa shape index (κ2) is 5.94. The zero-order chi connectivity index (χ0) is 18.4. The summed E-state index contributed by atoms with van der Waals surface area (Å²) in [5.74, 6) is -0.232. The second-order valence-corrected chi connectivity index (χ2v) is 7.34. The van der Waals surface area contributed by atoms with Gasteiger partial charge in [-0.25, -0.2) is 4.52 Å². The molecular weight excluding hydrogens is 344 g/mol. The smallest absolute Gasteiger partial charge is 0.274 e. The van der Waals surface area contributed by atoms with Gasteiger partial charge in [0.2, 0.25) is 0 Å². The van der Waals surface area contributed by atoms with Crippen molar-refractivity contribution in [3.05, 3.63) is 54.1 Å². The normalized spacial score (nSPS) is 24.3. The van der Waals surface area contributed by atoms with Crippen molar-refractivity contribution in [2.45, 2.75) is 37.3 Å². The standard InChI is InChI=1S/C19H20N6O2/c26-17(14-6-9-20-22-14)21-19-7-3-5-16(19)24(11-8-19)18(27)15-12-13-4-1-2-10-25(13)23-15/h1-2,4,6,9-10,12,16H,3,5,7-8,11H2,(H,20,22)(H,21,26). The van der Waals surface area contributed by atoms with E-state index in [4.69, 9.17) is 0 Å². The number of aromatic amines is 1. The topological polar surface area (TPSA) is 95.4 Å². The molecule has 2 atom stereocenters. The molecular formula is C19H20N6O2. The van der Waals surface area contributed by atoms with E-state index in [0.29, 0.717) is 17.9 Å². The van der Waals surface area contributed by atoms with Crippen LogP contribution in [0.4, 0.5) is 0 Å². The minimum absolute atomic E-state index is 0.00156. The number of rotatable bonds is 3. The van der Waals surface area contributed by atoms with Gasteiger partial charge in [0.1, 0.15) is 5.69 Å². The lowest BCUT2D eigenvalue weighted by atomic mass is 9.92. The largest absolute Gasteiger partial charge is 0.343 e. The number of hydrogen-bond acceptors (Lipinski definition) is 4. The third-order valence-electron chi connectivity index (χ3n) is 5.87. The van der Waals surface area contributed by atoms with Crippen molar-refractivity contribution in [3.8, 4) is 0 Å². The Balaban J connectivity index is 1.40. The first-order valence-corrected chi connectivity index (χ1v) is 9.24. The number of hydrogen-bond donors (Lipinski definition) is 2. The van der Waals surface area contributed by atoms with Gasteiger partial charge < -0.3 is 10.2 Å². The fraction of sp³-hybridized carbons (Fsp3) is 0.368. The van der Waals surface area contributed by atoms with Crippen molar-refractivity contribution < 1.29 is 9.59 Å². The third kappa shape index (κ3) is 2.51. The molecule has 1 saturated heterocycles. The van der Waals surface area contributed by atoms with Crippen LogP contribution in [-0.4, -0.2) is 54.7 Å². The highest BCUT2D eigenvalue weighted by atomic mass is 16.2. The Hall–Kier alpha value is -3.16. The summed E-state index contributed by atoms with van der Waals surface area (Å²) >= 11 is 0. The SMILES string of the molecule is O=C(NC12CCCC1N(C(=O)c1cc3ccccn3n1)CC2)c1ccn[nH]1. The van der Waals surface area contributed by atoms with Gasteiger partial charge in [-0.05, 0) is 49.9 Å². The Morgan fingerprint density at radius 1 is 1.26 bits per heavy atom. The average molecular weight is 364 g/mol. The zero-order valence-corrected chi connectivity index (χ0v) is 14.8. The van der Waals surface area contributed by atoms with Gasteiger partial charge in [0.05, 0.1) is 17.1 Å². The summed E-state index contributed by atoms with van der Waals surface area (Å²) in [6, 6.07) is 9.22. The van der Waals surface area contributed by atoms with Gasteiger partial charge in [0, 0.05) is 18.9 Å². The predicted molar refractivity (Wildman–Crippen MR) is 97.3 cm³/mol. The van der Waals surface area contributed by atoms with Gasteiger partial charge in [-0.1, -0.05) is 6.07 Å². The molecule has 8 heteroatoms. The summed E-state index contributed by atoms with van der Waals surface area (Å²) in [7, 11) is 0. The molecule has 5 rings (SSSR count). The number of aromatic nitrogens is 4. The number of fused-ring (bicyclic) bond motifs is 2. The van der Waals surface area contributed by atoms with Crippen molar-refractivity contribution >= 4 is 17.3 Å². The van der Waals surface area contributed by atoms with Crippen LogP contribution < -0.4 is 5.32 Å². The van der Waals surface area contributed by atoms with E-state index in [0.717, 1.165) is 31.2 Å². The number of carbonyl (C=O) groups is 2. The van der Waals surface area contributed by atoms with Gasteiger partial charge >= 0.3 is 0 Å². The van der Waals surface area contributed by atoms with E-state index in [1.165, 1.54) is 0 Å². The molecule has 0 spiro atoms. The van der Waals surface area contributed by atoms with Crippen LogP contribution in [-0.2, 0) is 0 Å². The van der Waals surface area contributed by atoms with Crippen LogP contribution in [0.1, 0.15) is 46.7 Å². The van der Waals surface area contributed by atoms with Crippen molar-refractivity contribution in [1.82, 2.24) is 30.0 Å². The van der Waals surface area contributed by atoms with Gasteiger partial charge in [-0.15, -0.1) is 0 Å². The Bertz CT molecular complexity index is 977. The lowest BCUT2D eigenvalue weighted by Gasteiger charge is -2.32. The molecule has 2 fully saturated rings. The quantitative estimate of drug-likeness (QED) is 0.738. The van der Waals surface area contributed by atoms with Crippen LogP contribution in [0, 0.1) is 0 Å². The average Bonchev–Trinajstić information content (AvgIpc) is 3.43. The summed E-state index contributed by atoms with van der Waals surface area (Å²) in [6.45, 7) is 0.626. The molecule has 4 heterocycles. The molecule has 1 saturated carbocycles. The molecule has 0 aromatic carbocycles. The maximum atomic E-state index is 13.1. The number of amides is 2. The van der Waals surface area contributed by atoms with Crippen molar-refractivity contribution in [1.29, 1.82) is 0 Å². The molecule has 27 heavy (non-hydrogen) atoms. The van der Waals surface area contributed by atoms with E-state index in [1.807, 2.05) is 35.4 Å². The molecule has 1 aliphatic carbocycles. The fourth-order valence-corrected chi connectivity index (χ4v) is 4.59. The van der Waals surface area contributed by atoms with E-state index in [2.05, 4.69) is 20.6 Å². The molecule has 3 aromatic heterocycles. The van der Waals surface area contributed by atoms with Crippen LogP contribution in [0.15, 0.2) is 42.7 Å². The summed E-state index contributed by atoms with van der Waals surface area (Å²) in [5, 5.41) is 14.2. The van der Waals surface area contributed by atoms with Crippen molar-refractivity contribution in [3.63, 3.8) is 0 Å². The van der Waals surface area contributed by atoms with E-state index >= 15 is 0 Å². The molecule has 2 N–H and O–H groups in total. The summed E-state index contributed by atoms with van der Waals surface area (Å²) in [4.78, 5) is 27.6. The molecule has 0 radical (unpaired) electrons. The second-order valence-electron chi connectivity index (χ2n) is 7.34. The van der Waals surface area contributed by atoms with Crippen LogP contribution in [0.25, 0.3) is 5.52 Å². The minimum atomic E-state index is -0.364. The first-order chi connectivity index (χ1) is 13.2. The molecule has 1 aliphatic heterocycles. The highest BCUT2D eigenvalue weighted by Gasteiger charge is 2.53. The van der Waals surface area contributed by atoms with Gasteiger partial charge in [-0.2, -0.15) is 10.2 Å². The van der Waals surface area contributed by atoms with E-state index in [1.54, 1.807) is 16.8 Å². The Kier molecular flexibility index (Phi) is 3.53. The molecule has 2 aliphatic rings. The number of H-pyrrole nitrogens is 1. The number of carbonyl (C=O) groups excluding carboxylic acids is 2. The van der Waals surface area contributed by atoms with E-state index in [9.17, 15) is 9.59 Å². The maximum absolute atomic E-state index is 13.1. The molecule has 2 unspecified atom stereocenters.